The zero-order valence-electron chi connectivity index (χ0n) is 10.3. The van der Waals surface area contributed by atoms with Crippen molar-refractivity contribution in [2.24, 2.45) is 0 Å². The Balaban J connectivity index is 2.06. The molecule has 2 heteroatoms. The smallest absolute Gasteiger partial charge is 0.150 e. The second kappa shape index (κ2) is 4.57. The third-order valence-corrected chi connectivity index (χ3v) is 3.13. The fourth-order valence-corrected chi connectivity index (χ4v) is 2.15. The minimum atomic E-state index is 0.891. The Hall–Kier alpha value is -2.22. The highest BCUT2D eigenvalue weighted by Crippen LogP contribution is 2.36. The molecule has 0 aromatic heterocycles. The number of aryl methyl sites for hydroxylation is 1. The molecule has 2 aromatic rings. The Kier molecular flexibility index (Phi) is 2.77. The molecule has 0 atom stereocenters. The number of hydrogen-bond acceptors (Lipinski definition) is 2. The minimum absolute atomic E-state index is 0.891. The zero-order chi connectivity index (χ0) is 12.4. The van der Waals surface area contributed by atoms with E-state index in [1.165, 1.54) is 11.3 Å². The van der Waals surface area contributed by atoms with Gasteiger partial charge in [-0.05, 0) is 36.2 Å². The van der Waals surface area contributed by atoms with Crippen molar-refractivity contribution < 1.29 is 4.74 Å². The molecule has 0 radical (unpaired) electrons. The van der Waals surface area contributed by atoms with Crippen LogP contribution < -0.4 is 9.64 Å². The Labute approximate surface area is 107 Å². The van der Waals surface area contributed by atoms with E-state index in [0.717, 1.165) is 17.9 Å². The molecular formula is C16H15NO. The lowest BCUT2D eigenvalue weighted by atomic mass is 10.1. The largest absolute Gasteiger partial charge is 0.461 e. The summed E-state index contributed by atoms with van der Waals surface area (Å²) in [6.07, 6.45) is 4.72. The van der Waals surface area contributed by atoms with Crippen LogP contribution in [0.5, 0.6) is 5.75 Å². The molecule has 2 nitrogen and oxygen atoms in total. The number of ether oxygens (including phenoxy) is 1. The third kappa shape index (κ3) is 1.86. The summed E-state index contributed by atoms with van der Waals surface area (Å²) >= 11 is 0. The third-order valence-electron chi connectivity index (χ3n) is 3.13. The topological polar surface area (TPSA) is 12.5 Å². The van der Waals surface area contributed by atoms with Crippen LogP contribution in [0.4, 0.5) is 11.4 Å². The first kappa shape index (κ1) is 10.9. The molecule has 0 saturated heterocycles. The van der Waals surface area contributed by atoms with Gasteiger partial charge < -0.3 is 9.64 Å². The molecule has 1 aliphatic heterocycles. The number of rotatable bonds is 2. The Morgan fingerprint density at radius 1 is 1.06 bits per heavy atom. The van der Waals surface area contributed by atoms with Gasteiger partial charge in [0, 0.05) is 11.9 Å². The van der Waals surface area contributed by atoms with Crippen LogP contribution >= 0.6 is 0 Å². The van der Waals surface area contributed by atoms with Crippen LogP contribution in [-0.4, -0.2) is 0 Å². The molecule has 18 heavy (non-hydrogen) atoms. The molecule has 1 aliphatic rings. The molecule has 3 rings (SSSR count). The van der Waals surface area contributed by atoms with Crippen LogP contribution in [0.25, 0.3) is 0 Å². The van der Waals surface area contributed by atoms with Crippen LogP contribution in [0.15, 0.2) is 61.0 Å². The van der Waals surface area contributed by atoms with E-state index < -0.39 is 0 Å². The van der Waals surface area contributed by atoms with Gasteiger partial charge in [0.1, 0.15) is 6.26 Å². The minimum Gasteiger partial charge on any atom is -0.461 e. The summed E-state index contributed by atoms with van der Waals surface area (Å²) in [5.41, 5.74) is 3.58. The van der Waals surface area contributed by atoms with Crippen molar-refractivity contribution in [2.45, 2.75) is 13.3 Å². The number of nitrogens with zero attached hydrogens (tertiary/aromatic N) is 1. The van der Waals surface area contributed by atoms with Gasteiger partial charge in [0.25, 0.3) is 0 Å². The van der Waals surface area contributed by atoms with E-state index in [0.29, 0.717) is 0 Å². The summed E-state index contributed by atoms with van der Waals surface area (Å²) < 4.78 is 5.51. The van der Waals surface area contributed by atoms with E-state index in [4.69, 9.17) is 4.74 Å². The second-order valence-electron chi connectivity index (χ2n) is 4.26. The summed E-state index contributed by atoms with van der Waals surface area (Å²) in [6, 6.07) is 16.6. The van der Waals surface area contributed by atoms with E-state index in [9.17, 15) is 0 Å². The molecule has 0 aliphatic carbocycles. The number of fused-ring (bicyclic) bond motifs is 1. The fraction of sp³-hybridized carbons (Fsp3) is 0.125. The van der Waals surface area contributed by atoms with Crippen molar-refractivity contribution in [3.8, 4) is 5.75 Å². The van der Waals surface area contributed by atoms with E-state index in [1.807, 2.05) is 24.4 Å². The first-order valence-electron chi connectivity index (χ1n) is 6.19. The molecule has 1 heterocycles. The van der Waals surface area contributed by atoms with Crippen molar-refractivity contribution in [1.29, 1.82) is 0 Å². The molecule has 0 fully saturated rings. The lowest BCUT2D eigenvalue weighted by Crippen LogP contribution is -2.13. The molecule has 90 valence electrons. The van der Waals surface area contributed by atoms with Gasteiger partial charge in [-0.1, -0.05) is 31.2 Å². The first-order chi connectivity index (χ1) is 8.88. The van der Waals surface area contributed by atoms with Crippen molar-refractivity contribution in [3.05, 3.63) is 66.6 Å². The SMILES string of the molecule is CCc1cccc(N2C=COc3ccccc32)c1. The standard InChI is InChI=1S/C16H15NO/c1-2-13-6-5-7-14(12-13)17-10-11-18-16-9-4-3-8-15(16)17/h3-12H,2H2,1H3. The average molecular weight is 237 g/mol. The fourth-order valence-electron chi connectivity index (χ4n) is 2.15. The highest BCUT2D eigenvalue weighted by atomic mass is 16.5. The van der Waals surface area contributed by atoms with Crippen LogP contribution in [0.1, 0.15) is 12.5 Å². The molecule has 2 aromatic carbocycles. The van der Waals surface area contributed by atoms with Crippen LogP contribution in [0, 0.1) is 0 Å². The van der Waals surface area contributed by atoms with Gasteiger partial charge in [0.05, 0.1) is 5.69 Å². The molecule has 0 N–H and O–H groups in total. The van der Waals surface area contributed by atoms with E-state index in [-0.39, 0.29) is 0 Å². The molecule has 0 bridgehead atoms. The van der Waals surface area contributed by atoms with Gasteiger partial charge in [-0.3, -0.25) is 0 Å². The number of benzene rings is 2. The lowest BCUT2D eigenvalue weighted by Gasteiger charge is -2.26. The van der Waals surface area contributed by atoms with E-state index in [2.05, 4.69) is 42.2 Å². The Morgan fingerprint density at radius 3 is 2.83 bits per heavy atom. The van der Waals surface area contributed by atoms with Gasteiger partial charge in [-0.25, -0.2) is 0 Å². The van der Waals surface area contributed by atoms with Crippen molar-refractivity contribution >= 4 is 11.4 Å². The van der Waals surface area contributed by atoms with Crippen LogP contribution in [0.2, 0.25) is 0 Å². The highest BCUT2D eigenvalue weighted by molar-refractivity contribution is 5.73. The number of hydrogen-bond donors (Lipinski definition) is 0. The van der Waals surface area contributed by atoms with Gasteiger partial charge in [0.2, 0.25) is 0 Å². The predicted molar refractivity (Wildman–Crippen MR) is 74.2 cm³/mol. The average Bonchev–Trinajstić information content (AvgIpc) is 2.47. The Morgan fingerprint density at radius 2 is 1.94 bits per heavy atom. The van der Waals surface area contributed by atoms with Gasteiger partial charge in [-0.2, -0.15) is 0 Å². The number of para-hydroxylation sites is 2. The van der Waals surface area contributed by atoms with Crippen molar-refractivity contribution in [1.82, 2.24) is 0 Å². The van der Waals surface area contributed by atoms with Gasteiger partial charge in [0.15, 0.2) is 5.75 Å². The predicted octanol–water partition coefficient (Wildman–Crippen LogP) is 4.25. The molecule has 0 amide bonds. The highest BCUT2D eigenvalue weighted by Gasteiger charge is 2.15. The summed E-state index contributed by atoms with van der Waals surface area (Å²) in [4.78, 5) is 2.15. The quantitative estimate of drug-likeness (QED) is 0.774. The maximum absolute atomic E-state index is 5.51. The first-order valence-corrected chi connectivity index (χ1v) is 6.19. The maximum Gasteiger partial charge on any atom is 0.150 e. The Bertz CT molecular complexity index is 589. The summed E-state index contributed by atoms with van der Waals surface area (Å²) in [6.45, 7) is 2.17. The lowest BCUT2D eigenvalue weighted by molar-refractivity contribution is 0.473. The van der Waals surface area contributed by atoms with Gasteiger partial charge >= 0.3 is 0 Å². The van der Waals surface area contributed by atoms with E-state index >= 15 is 0 Å². The monoisotopic (exact) mass is 237 g/mol. The summed E-state index contributed by atoms with van der Waals surface area (Å²) in [5.74, 6) is 0.891. The van der Waals surface area contributed by atoms with Crippen molar-refractivity contribution in [2.75, 3.05) is 4.90 Å². The van der Waals surface area contributed by atoms with Gasteiger partial charge in [-0.15, -0.1) is 0 Å². The summed E-state index contributed by atoms with van der Waals surface area (Å²) in [5, 5.41) is 0. The summed E-state index contributed by atoms with van der Waals surface area (Å²) in [7, 11) is 0. The van der Waals surface area contributed by atoms with Crippen molar-refractivity contribution in [3.63, 3.8) is 0 Å². The maximum atomic E-state index is 5.51. The van der Waals surface area contributed by atoms with E-state index in [1.54, 1.807) is 6.26 Å². The van der Waals surface area contributed by atoms with Crippen LogP contribution in [-0.2, 0) is 6.42 Å². The number of anilines is 2. The molecular weight excluding hydrogens is 222 g/mol. The molecule has 0 spiro atoms. The second-order valence-corrected chi connectivity index (χ2v) is 4.26. The molecule has 0 unspecified atom stereocenters. The normalized spacial score (nSPS) is 13.1. The van der Waals surface area contributed by atoms with Crippen LogP contribution in [0.3, 0.4) is 0 Å². The zero-order valence-corrected chi connectivity index (χ0v) is 10.3. The molecule has 0 saturated carbocycles.